The van der Waals surface area contributed by atoms with Crippen LogP contribution in [-0.2, 0) is 14.8 Å². The minimum atomic E-state index is -3.77. The lowest BCUT2D eigenvalue weighted by molar-refractivity contribution is -0.384. The zero-order valence-electron chi connectivity index (χ0n) is 15.8. The molecule has 0 saturated carbocycles. The van der Waals surface area contributed by atoms with E-state index >= 15 is 0 Å². The third-order valence-corrected chi connectivity index (χ3v) is 6.99. The van der Waals surface area contributed by atoms with Gasteiger partial charge in [0.2, 0.25) is 15.9 Å². The van der Waals surface area contributed by atoms with E-state index in [1.54, 1.807) is 20.9 Å². The molecule has 0 radical (unpaired) electrons. The number of hydrogen-bond acceptors (Lipinski definition) is 6. The number of carbonyl (C=O) groups is 1. The average molecular weight is 398 g/mol. The van der Waals surface area contributed by atoms with E-state index in [9.17, 15) is 23.3 Å². The first-order chi connectivity index (χ1) is 12.8. The van der Waals surface area contributed by atoms with E-state index in [1.807, 2.05) is 4.90 Å². The van der Waals surface area contributed by atoms with Gasteiger partial charge in [-0.25, -0.2) is 8.42 Å². The molecule has 10 heteroatoms. The van der Waals surface area contributed by atoms with Crippen molar-refractivity contribution in [2.45, 2.75) is 31.6 Å². The second-order valence-corrected chi connectivity index (χ2v) is 8.31. The molecule has 0 spiro atoms. The largest absolute Gasteiger partial charge is 0.366 e. The Labute approximate surface area is 159 Å². The quantitative estimate of drug-likeness (QED) is 0.551. The van der Waals surface area contributed by atoms with E-state index in [1.165, 1.54) is 16.4 Å². The fraction of sp³-hybridized carbons (Fsp3) is 0.588. The van der Waals surface area contributed by atoms with Crippen molar-refractivity contribution in [1.29, 1.82) is 0 Å². The van der Waals surface area contributed by atoms with Crippen LogP contribution in [0.5, 0.6) is 0 Å². The van der Waals surface area contributed by atoms with E-state index in [4.69, 9.17) is 0 Å². The van der Waals surface area contributed by atoms with E-state index in [-0.39, 0.29) is 22.4 Å². The molecule has 1 aromatic rings. The first kappa shape index (κ1) is 21.1. The first-order valence-electron chi connectivity index (χ1n) is 9.01. The SMILES string of the molecule is CCN(CC)S(=O)(=O)c1ccc(N2CCC(C(=O)NC)CC2)c([N+](=O)[O-])c1. The number of nitrogens with zero attached hydrogens (tertiary/aromatic N) is 3. The Kier molecular flexibility index (Phi) is 6.77. The number of nitro groups is 1. The highest BCUT2D eigenvalue weighted by Gasteiger charge is 2.30. The smallest absolute Gasteiger partial charge is 0.293 e. The molecule has 1 amide bonds. The lowest BCUT2D eigenvalue weighted by Crippen LogP contribution is -2.39. The van der Waals surface area contributed by atoms with Gasteiger partial charge in [0.05, 0.1) is 9.82 Å². The zero-order chi connectivity index (χ0) is 20.2. The highest BCUT2D eigenvalue weighted by atomic mass is 32.2. The van der Waals surface area contributed by atoms with Gasteiger partial charge in [0.15, 0.2) is 0 Å². The van der Waals surface area contributed by atoms with Gasteiger partial charge < -0.3 is 10.2 Å². The van der Waals surface area contributed by atoms with Crippen molar-refractivity contribution in [1.82, 2.24) is 9.62 Å². The first-order valence-corrected chi connectivity index (χ1v) is 10.4. The second-order valence-electron chi connectivity index (χ2n) is 6.37. The average Bonchev–Trinajstić information content (AvgIpc) is 2.67. The predicted octanol–water partition coefficient (Wildman–Crippen LogP) is 1.59. The number of nitro benzene ring substituents is 1. The second kappa shape index (κ2) is 8.66. The third kappa shape index (κ3) is 4.38. The van der Waals surface area contributed by atoms with Crippen LogP contribution < -0.4 is 10.2 Å². The van der Waals surface area contributed by atoms with Crippen LogP contribution >= 0.6 is 0 Å². The fourth-order valence-electron chi connectivity index (χ4n) is 3.38. The van der Waals surface area contributed by atoms with Gasteiger partial charge in [-0.3, -0.25) is 14.9 Å². The minimum absolute atomic E-state index is 0.0233. The third-order valence-electron chi connectivity index (χ3n) is 4.94. The number of rotatable bonds is 7. The molecule has 0 aromatic heterocycles. The normalized spacial score (nSPS) is 15.8. The molecule has 150 valence electrons. The molecule has 0 unspecified atom stereocenters. The van der Waals surface area contributed by atoms with Crippen LogP contribution in [0.3, 0.4) is 0 Å². The van der Waals surface area contributed by atoms with Crippen LogP contribution in [-0.4, -0.2) is 56.8 Å². The Bertz CT molecular complexity index is 800. The Morgan fingerprint density at radius 3 is 2.37 bits per heavy atom. The number of nitrogens with one attached hydrogen (secondary N) is 1. The molecule has 27 heavy (non-hydrogen) atoms. The zero-order valence-corrected chi connectivity index (χ0v) is 16.7. The molecule has 9 nitrogen and oxygen atoms in total. The summed E-state index contributed by atoms with van der Waals surface area (Å²) in [5.74, 6) is -0.127. The van der Waals surface area contributed by atoms with Crippen LogP contribution in [0, 0.1) is 16.0 Å². The fourth-order valence-corrected chi connectivity index (χ4v) is 4.86. The molecule has 1 aliphatic rings. The number of piperidine rings is 1. The van der Waals surface area contributed by atoms with E-state index in [0.717, 1.165) is 6.07 Å². The monoisotopic (exact) mass is 398 g/mol. The Balaban J connectivity index is 2.32. The van der Waals surface area contributed by atoms with Crippen LogP contribution in [0.4, 0.5) is 11.4 Å². The van der Waals surface area contributed by atoms with Gasteiger partial charge in [0, 0.05) is 45.2 Å². The molecular weight excluding hydrogens is 372 g/mol. The molecule has 0 aliphatic carbocycles. The van der Waals surface area contributed by atoms with Gasteiger partial charge in [-0.15, -0.1) is 0 Å². The maximum atomic E-state index is 12.7. The summed E-state index contributed by atoms with van der Waals surface area (Å²) in [6.45, 7) is 5.03. The highest BCUT2D eigenvalue weighted by Crippen LogP contribution is 2.34. The molecule has 1 saturated heterocycles. The number of carbonyl (C=O) groups excluding carboxylic acids is 1. The number of amides is 1. The number of benzene rings is 1. The van der Waals surface area contributed by atoms with Crippen molar-refractivity contribution in [2.24, 2.45) is 5.92 Å². The Morgan fingerprint density at radius 1 is 1.30 bits per heavy atom. The predicted molar refractivity (Wildman–Crippen MR) is 102 cm³/mol. The summed E-state index contributed by atoms with van der Waals surface area (Å²) >= 11 is 0. The minimum Gasteiger partial charge on any atom is -0.366 e. The van der Waals surface area contributed by atoms with Gasteiger partial charge in [0.25, 0.3) is 5.69 Å². The number of anilines is 1. The number of sulfonamides is 1. The topological polar surface area (TPSA) is 113 Å². The molecule has 2 rings (SSSR count). The summed E-state index contributed by atoms with van der Waals surface area (Å²) in [5, 5.41) is 14.2. The van der Waals surface area contributed by atoms with E-state index in [0.29, 0.717) is 44.7 Å². The molecule has 1 fully saturated rings. The molecule has 1 aromatic carbocycles. The lowest BCUT2D eigenvalue weighted by Gasteiger charge is -2.32. The summed E-state index contributed by atoms with van der Waals surface area (Å²) in [6.07, 6.45) is 1.19. The van der Waals surface area contributed by atoms with E-state index < -0.39 is 14.9 Å². The van der Waals surface area contributed by atoms with Crippen molar-refractivity contribution in [3.8, 4) is 0 Å². The van der Waals surface area contributed by atoms with Crippen molar-refractivity contribution in [3.63, 3.8) is 0 Å². The Morgan fingerprint density at radius 2 is 1.89 bits per heavy atom. The maximum absolute atomic E-state index is 12.7. The molecule has 1 aliphatic heterocycles. The van der Waals surface area contributed by atoms with Crippen molar-refractivity contribution >= 4 is 27.3 Å². The van der Waals surface area contributed by atoms with Gasteiger partial charge in [-0.2, -0.15) is 4.31 Å². The van der Waals surface area contributed by atoms with Crippen LogP contribution in [0.1, 0.15) is 26.7 Å². The number of hydrogen-bond donors (Lipinski definition) is 1. The summed E-state index contributed by atoms with van der Waals surface area (Å²) in [7, 11) is -2.18. The van der Waals surface area contributed by atoms with Gasteiger partial charge in [-0.05, 0) is 25.0 Å². The van der Waals surface area contributed by atoms with Gasteiger partial charge in [0.1, 0.15) is 5.69 Å². The van der Waals surface area contributed by atoms with Crippen LogP contribution in [0.25, 0.3) is 0 Å². The van der Waals surface area contributed by atoms with Gasteiger partial charge in [-0.1, -0.05) is 13.8 Å². The molecule has 1 N–H and O–H groups in total. The van der Waals surface area contributed by atoms with Crippen molar-refractivity contribution < 1.29 is 18.1 Å². The van der Waals surface area contributed by atoms with Crippen molar-refractivity contribution in [3.05, 3.63) is 28.3 Å². The molecule has 0 atom stereocenters. The molecule has 1 heterocycles. The summed E-state index contributed by atoms with van der Waals surface area (Å²) in [6, 6.07) is 4.05. The summed E-state index contributed by atoms with van der Waals surface area (Å²) < 4.78 is 26.6. The Hall–Kier alpha value is -2.20. The summed E-state index contributed by atoms with van der Waals surface area (Å²) in [4.78, 5) is 24.5. The highest BCUT2D eigenvalue weighted by molar-refractivity contribution is 7.89. The van der Waals surface area contributed by atoms with Crippen LogP contribution in [0.2, 0.25) is 0 Å². The summed E-state index contributed by atoms with van der Waals surface area (Å²) in [5.41, 5.74) is 0.149. The lowest BCUT2D eigenvalue weighted by atomic mass is 9.95. The maximum Gasteiger partial charge on any atom is 0.293 e. The van der Waals surface area contributed by atoms with Crippen molar-refractivity contribution in [2.75, 3.05) is 38.1 Å². The van der Waals surface area contributed by atoms with Gasteiger partial charge >= 0.3 is 0 Å². The molecular formula is C17H26N4O5S. The van der Waals surface area contributed by atoms with Crippen LogP contribution in [0.15, 0.2) is 23.1 Å². The molecule has 0 bridgehead atoms. The van der Waals surface area contributed by atoms with E-state index in [2.05, 4.69) is 5.32 Å². The standard InChI is InChI=1S/C17H26N4O5S/c1-4-20(5-2)27(25,26)14-6-7-15(16(12-14)21(23)24)19-10-8-13(9-11-19)17(22)18-3/h6-7,12-13H,4-5,8-11H2,1-3H3,(H,18,22).